The van der Waals surface area contributed by atoms with Gasteiger partial charge in [0.15, 0.2) is 5.41 Å². The van der Waals surface area contributed by atoms with E-state index >= 15 is 0 Å². The second kappa shape index (κ2) is 8.37. The summed E-state index contributed by atoms with van der Waals surface area (Å²) in [6.45, 7) is 8.52. The molecule has 1 fully saturated rings. The van der Waals surface area contributed by atoms with Gasteiger partial charge >= 0.3 is 17.9 Å². The van der Waals surface area contributed by atoms with Crippen LogP contribution >= 0.6 is 0 Å². The van der Waals surface area contributed by atoms with Gasteiger partial charge < -0.3 is 14.2 Å². The molecule has 1 saturated heterocycles. The third-order valence-corrected chi connectivity index (χ3v) is 4.88. The summed E-state index contributed by atoms with van der Waals surface area (Å²) in [6.07, 6.45) is 0.821. The zero-order valence-electron chi connectivity index (χ0n) is 16.1. The quantitative estimate of drug-likeness (QED) is 0.394. The van der Waals surface area contributed by atoms with Crippen molar-refractivity contribution in [3.8, 4) is 0 Å². The molecule has 0 saturated carbocycles. The number of cyclic esters (lactones) is 2. The van der Waals surface area contributed by atoms with Crippen LogP contribution in [-0.2, 0) is 35.0 Å². The highest BCUT2D eigenvalue weighted by Crippen LogP contribution is 2.40. The van der Waals surface area contributed by atoms with Crippen LogP contribution in [0.25, 0.3) is 0 Å². The molecule has 27 heavy (non-hydrogen) atoms. The van der Waals surface area contributed by atoms with E-state index in [9.17, 15) is 14.4 Å². The van der Waals surface area contributed by atoms with Gasteiger partial charge in [0.1, 0.15) is 0 Å². The van der Waals surface area contributed by atoms with Crippen molar-refractivity contribution in [1.29, 1.82) is 0 Å². The van der Waals surface area contributed by atoms with Crippen LogP contribution in [0.3, 0.4) is 0 Å². The van der Waals surface area contributed by atoms with Gasteiger partial charge in [-0.05, 0) is 18.9 Å². The zero-order chi connectivity index (χ0) is 20.1. The lowest BCUT2D eigenvalue weighted by Crippen LogP contribution is -2.57. The second-order valence-corrected chi connectivity index (χ2v) is 6.81. The van der Waals surface area contributed by atoms with Crippen molar-refractivity contribution in [3.05, 3.63) is 48.0 Å². The van der Waals surface area contributed by atoms with Crippen molar-refractivity contribution in [3.63, 3.8) is 0 Å². The summed E-state index contributed by atoms with van der Waals surface area (Å²) in [7, 11) is 0. The lowest BCUT2D eigenvalue weighted by molar-refractivity contribution is -0.265. The molecular weight excluding hydrogens is 348 g/mol. The highest BCUT2D eigenvalue weighted by molar-refractivity contribution is 6.02. The van der Waals surface area contributed by atoms with Gasteiger partial charge in [0.05, 0.1) is 6.61 Å². The van der Waals surface area contributed by atoms with Crippen molar-refractivity contribution in [2.75, 3.05) is 6.61 Å². The summed E-state index contributed by atoms with van der Waals surface area (Å²) in [5.41, 5.74) is -0.514. The topological polar surface area (TPSA) is 78.9 Å². The van der Waals surface area contributed by atoms with Gasteiger partial charge in [-0.25, -0.2) is 4.79 Å². The van der Waals surface area contributed by atoms with E-state index in [1.165, 1.54) is 6.92 Å². The van der Waals surface area contributed by atoms with Gasteiger partial charge in [-0.3, -0.25) is 9.59 Å². The third kappa shape index (κ3) is 4.38. The summed E-state index contributed by atoms with van der Waals surface area (Å²) in [5, 5.41) is 0. The van der Waals surface area contributed by atoms with Crippen LogP contribution in [0.5, 0.6) is 0 Å². The predicted octanol–water partition coefficient (Wildman–Crippen LogP) is 3.34. The number of rotatable bonds is 8. The summed E-state index contributed by atoms with van der Waals surface area (Å²) < 4.78 is 16.3. The maximum Gasteiger partial charge on any atom is 0.333 e. The van der Waals surface area contributed by atoms with E-state index in [1.54, 1.807) is 13.8 Å². The molecule has 0 aromatic heterocycles. The van der Waals surface area contributed by atoms with Crippen LogP contribution in [0, 0.1) is 5.41 Å². The van der Waals surface area contributed by atoms with Gasteiger partial charge in [-0.15, -0.1) is 0 Å². The van der Waals surface area contributed by atoms with E-state index in [-0.39, 0.29) is 25.0 Å². The number of carbonyl (C=O) groups is 3. The van der Waals surface area contributed by atoms with E-state index in [4.69, 9.17) is 14.2 Å². The Kier molecular flexibility index (Phi) is 6.41. The summed E-state index contributed by atoms with van der Waals surface area (Å²) >= 11 is 0. The van der Waals surface area contributed by atoms with Gasteiger partial charge in [0, 0.05) is 24.8 Å². The minimum absolute atomic E-state index is 0.0257. The van der Waals surface area contributed by atoms with Crippen LogP contribution in [0.2, 0.25) is 0 Å². The molecule has 6 heteroatoms. The molecule has 0 bridgehead atoms. The highest BCUT2D eigenvalue weighted by atomic mass is 16.7. The Morgan fingerprint density at radius 3 is 2.11 bits per heavy atom. The number of hydrogen-bond acceptors (Lipinski definition) is 6. The van der Waals surface area contributed by atoms with Crippen LogP contribution < -0.4 is 0 Å². The molecule has 0 aliphatic carbocycles. The molecule has 0 amide bonds. The fourth-order valence-electron chi connectivity index (χ4n) is 3.00. The summed E-state index contributed by atoms with van der Waals surface area (Å²) in [5.74, 6) is -3.09. The van der Waals surface area contributed by atoms with Gasteiger partial charge in [-0.1, -0.05) is 50.8 Å². The number of ether oxygens (including phenoxy) is 3. The van der Waals surface area contributed by atoms with Crippen molar-refractivity contribution in [2.24, 2.45) is 5.41 Å². The molecule has 0 radical (unpaired) electrons. The molecule has 2 rings (SSSR count). The van der Waals surface area contributed by atoms with Gasteiger partial charge in [0.2, 0.25) is 0 Å². The Bertz CT molecular complexity index is 697. The SMILES string of the molecule is C=C(C)C(=O)OCCC1(Cc2ccccc2)C(=O)OC(CC)(CC)OC1=O. The van der Waals surface area contributed by atoms with E-state index < -0.39 is 29.1 Å². The zero-order valence-corrected chi connectivity index (χ0v) is 16.1. The van der Waals surface area contributed by atoms with Crippen LogP contribution in [0.1, 0.15) is 45.6 Å². The minimum Gasteiger partial charge on any atom is -0.462 e. The molecule has 1 aromatic carbocycles. The summed E-state index contributed by atoms with van der Waals surface area (Å²) in [6, 6.07) is 9.15. The maximum atomic E-state index is 13.0. The Balaban J connectivity index is 2.29. The van der Waals surface area contributed by atoms with E-state index in [0.29, 0.717) is 12.8 Å². The smallest absolute Gasteiger partial charge is 0.333 e. The first-order valence-electron chi connectivity index (χ1n) is 9.12. The number of esters is 3. The average Bonchev–Trinajstić information content (AvgIpc) is 2.66. The molecule has 1 aliphatic rings. The Hall–Kier alpha value is -2.63. The van der Waals surface area contributed by atoms with Gasteiger partial charge in [-0.2, -0.15) is 0 Å². The number of benzene rings is 1. The van der Waals surface area contributed by atoms with E-state index in [0.717, 1.165) is 5.56 Å². The van der Waals surface area contributed by atoms with E-state index in [2.05, 4.69) is 6.58 Å². The first kappa shape index (κ1) is 20.7. The normalized spacial score (nSPS) is 17.6. The molecule has 1 aliphatic heterocycles. The molecule has 146 valence electrons. The molecule has 1 aromatic rings. The fourth-order valence-corrected chi connectivity index (χ4v) is 3.00. The standard InChI is InChI=1S/C21H26O6/c1-5-21(6-2)26-18(23)20(19(24)27-21,12-13-25-17(22)15(3)4)14-16-10-8-7-9-11-16/h7-11H,3,5-6,12-14H2,1-2,4H3. The van der Waals surface area contributed by atoms with Crippen LogP contribution in [0.4, 0.5) is 0 Å². The largest absolute Gasteiger partial charge is 0.462 e. The van der Waals surface area contributed by atoms with Gasteiger partial charge in [0.25, 0.3) is 5.79 Å². The second-order valence-electron chi connectivity index (χ2n) is 6.81. The van der Waals surface area contributed by atoms with Crippen LogP contribution in [-0.4, -0.2) is 30.3 Å². The summed E-state index contributed by atoms with van der Waals surface area (Å²) in [4.78, 5) is 37.6. The van der Waals surface area contributed by atoms with Crippen molar-refractivity contribution in [1.82, 2.24) is 0 Å². The number of hydrogen-bond donors (Lipinski definition) is 0. The molecule has 0 unspecified atom stereocenters. The predicted molar refractivity (Wildman–Crippen MR) is 98.5 cm³/mol. The average molecular weight is 374 g/mol. The maximum absolute atomic E-state index is 13.0. The monoisotopic (exact) mass is 374 g/mol. The van der Waals surface area contributed by atoms with E-state index in [1.807, 2.05) is 30.3 Å². The lowest BCUT2D eigenvalue weighted by Gasteiger charge is -2.42. The highest BCUT2D eigenvalue weighted by Gasteiger charge is 2.57. The number of carbonyl (C=O) groups excluding carboxylic acids is 3. The molecule has 1 heterocycles. The minimum atomic E-state index is -1.55. The first-order valence-corrected chi connectivity index (χ1v) is 9.12. The Morgan fingerprint density at radius 2 is 1.63 bits per heavy atom. The Labute approximate surface area is 159 Å². The molecule has 0 spiro atoms. The molecule has 0 atom stereocenters. The molecule has 6 nitrogen and oxygen atoms in total. The van der Waals surface area contributed by atoms with Crippen molar-refractivity contribution < 1.29 is 28.6 Å². The van der Waals surface area contributed by atoms with Crippen LogP contribution in [0.15, 0.2) is 42.5 Å². The third-order valence-electron chi connectivity index (χ3n) is 4.88. The fraction of sp³-hybridized carbons (Fsp3) is 0.476. The first-order chi connectivity index (χ1) is 12.8. The lowest BCUT2D eigenvalue weighted by atomic mass is 9.77. The Morgan fingerprint density at radius 1 is 1.07 bits per heavy atom. The molecule has 0 N–H and O–H groups in total. The molecular formula is C21H26O6. The van der Waals surface area contributed by atoms with Crippen molar-refractivity contribution in [2.45, 2.75) is 52.2 Å². The van der Waals surface area contributed by atoms with Crippen molar-refractivity contribution >= 4 is 17.9 Å².